The summed E-state index contributed by atoms with van der Waals surface area (Å²) in [5, 5.41) is 0. The van der Waals surface area contributed by atoms with Gasteiger partial charge in [-0.15, -0.1) is 0 Å². The fourth-order valence-corrected chi connectivity index (χ4v) is 4.45. The zero-order valence-electron chi connectivity index (χ0n) is 15.9. The molecule has 1 aromatic carbocycles. The van der Waals surface area contributed by atoms with E-state index in [9.17, 15) is 4.79 Å². The van der Waals surface area contributed by atoms with Crippen molar-refractivity contribution in [2.45, 2.75) is 39.5 Å². The molecule has 0 bridgehead atoms. The molecule has 2 aliphatic rings. The number of benzene rings is 1. The van der Waals surface area contributed by atoms with Crippen molar-refractivity contribution < 1.29 is 14.3 Å². The minimum absolute atomic E-state index is 0.0666. The molecular weight excluding hydrogens is 312 g/mol. The largest absolute Gasteiger partial charge is 0.497 e. The van der Waals surface area contributed by atoms with Crippen LogP contribution in [0.25, 0.3) is 0 Å². The van der Waals surface area contributed by atoms with Gasteiger partial charge in [-0.3, -0.25) is 4.79 Å². The van der Waals surface area contributed by atoms with Crippen molar-refractivity contribution >= 4 is 5.78 Å². The van der Waals surface area contributed by atoms with Crippen molar-refractivity contribution in [1.82, 2.24) is 0 Å². The fraction of sp³-hybridized carbons (Fsp3) is 0.500. The number of Topliss-reactive ketones (excluding diaryl/α,β-unsaturated/α-hetero) is 1. The quantitative estimate of drug-likeness (QED) is 0.732. The summed E-state index contributed by atoms with van der Waals surface area (Å²) in [6.45, 7) is 10.9. The lowest BCUT2D eigenvalue weighted by Crippen LogP contribution is -2.22. The first-order valence-corrected chi connectivity index (χ1v) is 8.94. The third-order valence-electron chi connectivity index (χ3n) is 5.91. The molecule has 134 valence electrons. The van der Waals surface area contributed by atoms with Gasteiger partial charge < -0.3 is 9.47 Å². The first-order chi connectivity index (χ1) is 11.8. The van der Waals surface area contributed by atoms with Crippen LogP contribution in [0.2, 0.25) is 0 Å². The maximum Gasteiger partial charge on any atom is 0.141 e. The van der Waals surface area contributed by atoms with E-state index < -0.39 is 0 Å². The number of rotatable bonds is 3. The maximum atomic E-state index is 13.0. The van der Waals surface area contributed by atoms with Crippen LogP contribution in [0.15, 0.2) is 42.0 Å². The van der Waals surface area contributed by atoms with Crippen molar-refractivity contribution in [3.63, 3.8) is 0 Å². The van der Waals surface area contributed by atoms with Crippen molar-refractivity contribution in [3.8, 4) is 11.5 Å². The number of hydrogen-bond donors (Lipinski definition) is 0. The second-order valence-electron chi connectivity index (χ2n) is 7.96. The Morgan fingerprint density at radius 3 is 2.52 bits per heavy atom. The third-order valence-corrected chi connectivity index (χ3v) is 5.91. The van der Waals surface area contributed by atoms with Crippen LogP contribution in [0.5, 0.6) is 11.5 Å². The highest BCUT2D eigenvalue weighted by atomic mass is 16.5. The summed E-state index contributed by atoms with van der Waals surface area (Å²) >= 11 is 0. The van der Waals surface area contributed by atoms with Crippen LogP contribution in [0, 0.1) is 17.3 Å². The lowest BCUT2D eigenvalue weighted by Gasteiger charge is -2.30. The van der Waals surface area contributed by atoms with Gasteiger partial charge in [0.15, 0.2) is 0 Å². The van der Waals surface area contributed by atoms with Gasteiger partial charge in [-0.05, 0) is 36.0 Å². The Bertz CT molecular complexity index is 742. The van der Waals surface area contributed by atoms with Gasteiger partial charge in [0.25, 0.3) is 0 Å². The van der Waals surface area contributed by atoms with Crippen molar-refractivity contribution in [2.24, 2.45) is 17.3 Å². The zero-order chi connectivity index (χ0) is 18.4. The van der Waals surface area contributed by atoms with Gasteiger partial charge in [-0.25, -0.2) is 0 Å². The van der Waals surface area contributed by atoms with Gasteiger partial charge in [-0.2, -0.15) is 0 Å². The highest BCUT2D eigenvalue weighted by molar-refractivity contribution is 5.90. The molecule has 0 unspecified atom stereocenters. The Kier molecular flexibility index (Phi) is 4.52. The maximum absolute atomic E-state index is 13.0. The van der Waals surface area contributed by atoms with Gasteiger partial charge in [0.2, 0.25) is 0 Å². The average molecular weight is 340 g/mol. The molecule has 0 spiro atoms. The van der Waals surface area contributed by atoms with Gasteiger partial charge in [0, 0.05) is 23.8 Å². The van der Waals surface area contributed by atoms with Crippen LogP contribution in [0.3, 0.4) is 0 Å². The Morgan fingerprint density at radius 2 is 1.88 bits per heavy atom. The number of fused-ring (bicyclic) bond motifs is 1. The van der Waals surface area contributed by atoms with Crippen molar-refractivity contribution in [1.29, 1.82) is 0 Å². The Hall–Kier alpha value is -2.03. The van der Waals surface area contributed by atoms with Crippen LogP contribution in [0.4, 0.5) is 0 Å². The minimum atomic E-state index is -0.145. The predicted molar refractivity (Wildman–Crippen MR) is 100 cm³/mol. The summed E-state index contributed by atoms with van der Waals surface area (Å²) in [5.74, 6) is 1.98. The summed E-state index contributed by atoms with van der Waals surface area (Å²) in [4.78, 5) is 13.0. The van der Waals surface area contributed by atoms with Gasteiger partial charge in [-0.1, -0.05) is 44.6 Å². The molecule has 1 aromatic rings. The summed E-state index contributed by atoms with van der Waals surface area (Å²) in [7, 11) is 3.33. The zero-order valence-corrected chi connectivity index (χ0v) is 15.9. The number of methoxy groups -OCH3 is 2. The molecule has 0 N–H and O–H groups in total. The lowest BCUT2D eigenvalue weighted by molar-refractivity contribution is -0.121. The first kappa shape index (κ1) is 17.8. The van der Waals surface area contributed by atoms with Crippen LogP contribution in [0.1, 0.15) is 45.1 Å². The van der Waals surface area contributed by atoms with E-state index >= 15 is 0 Å². The van der Waals surface area contributed by atoms with E-state index in [2.05, 4.69) is 33.4 Å². The van der Waals surface area contributed by atoms with Crippen molar-refractivity contribution in [2.75, 3.05) is 14.2 Å². The number of carbonyl (C=O) groups is 1. The molecule has 1 saturated carbocycles. The number of ketones is 1. The predicted octanol–water partition coefficient (Wildman–Crippen LogP) is 4.93. The topological polar surface area (TPSA) is 35.5 Å². The molecule has 25 heavy (non-hydrogen) atoms. The van der Waals surface area contributed by atoms with Crippen LogP contribution < -0.4 is 9.47 Å². The monoisotopic (exact) mass is 340 g/mol. The second-order valence-corrected chi connectivity index (χ2v) is 7.96. The standard InChI is InChI=1S/C22H28O3/c1-13-7-9-17-21(18(23)12-22(17,3)4)20(14(13)2)16-11-15(24-5)8-10-19(16)25-6/h8-11,13,20-21H,2,7,12H2,1,3-6H3/t13-,20+,21+/m1/s1. The molecule has 3 rings (SSSR count). The summed E-state index contributed by atoms with van der Waals surface area (Å²) < 4.78 is 11.1. The highest BCUT2D eigenvalue weighted by Crippen LogP contribution is 2.55. The Morgan fingerprint density at radius 1 is 1.16 bits per heavy atom. The van der Waals surface area contributed by atoms with Gasteiger partial charge in [0.05, 0.1) is 14.2 Å². The number of hydrogen-bond acceptors (Lipinski definition) is 3. The van der Waals surface area contributed by atoms with E-state index in [0.717, 1.165) is 29.1 Å². The molecular formula is C22H28O3. The Balaban J connectivity index is 2.20. The third kappa shape index (κ3) is 2.90. The Labute approximate surface area is 150 Å². The van der Waals surface area contributed by atoms with E-state index in [1.807, 2.05) is 18.2 Å². The normalized spacial score (nSPS) is 28.2. The van der Waals surface area contributed by atoms with Crippen LogP contribution in [-0.4, -0.2) is 20.0 Å². The SMILES string of the molecule is C=C1[C@H](C)CC=C2[C@@H](C(=O)CC2(C)C)[C@@H]1c1cc(OC)ccc1OC. The van der Waals surface area contributed by atoms with E-state index in [-0.39, 0.29) is 17.3 Å². The molecule has 0 heterocycles. The van der Waals surface area contributed by atoms with Crippen LogP contribution >= 0.6 is 0 Å². The number of allylic oxidation sites excluding steroid dienone is 3. The molecule has 2 aliphatic carbocycles. The molecule has 0 radical (unpaired) electrons. The van der Waals surface area contributed by atoms with Gasteiger partial charge in [0.1, 0.15) is 17.3 Å². The molecule has 0 saturated heterocycles. The number of ether oxygens (including phenoxy) is 2. The second kappa shape index (κ2) is 6.36. The highest BCUT2D eigenvalue weighted by Gasteiger charge is 2.49. The van der Waals surface area contributed by atoms with E-state index in [1.165, 1.54) is 5.57 Å². The van der Waals surface area contributed by atoms with E-state index in [1.54, 1.807) is 14.2 Å². The fourth-order valence-electron chi connectivity index (χ4n) is 4.45. The molecule has 3 nitrogen and oxygen atoms in total. The number of carbonyl (C=O) groups excluding carboxylic acids is 1. The van der Waals surface area contributed by atoms with E-state index in [4.69, 9.17) is 9.47 Å². The van der Waals surface area contributed by atoms with E-state index in [0.29, 0.717) is 18.1 Å². The summed E-state index contributed by atoms with van der Waals surface area (Å²) in [6.07, 6.45) is 3.82. The molecule has 0 aliphatic heterocycles. The lowest BCUT2D eigenvalue weighted by atomic mass is 9.74. The minimum Gasteiger partial charge on any atom is -0.497 e. The molecule has 3 heteroatoms. The summed E-state index contributed by atoms with van der Waals surface area (Å²) in [5.41, 5.74) is 3.28. The average Bonchev–Trinajstić information content (AvgIpc) is 2.71. The smallest absolute Gasteiger partial charge is 0.141 e. The first-order valence-electron chi connectivity index (χ1n) is 8.94. The van der Waals surface area contributed by atoms with Gasteiger partial charge >= 0.3 is 0 Å². The van der Waals surface area contributed by atoms with Crippen LogP contribution in [-0.2, 0) is 4.79 Å². The molecule has 0 amide bonds. The summed E-state index contributed by atoms with van der Waals surface area (Å²) in [6, 6.07) is 5.82. The molecule has 1 fully saturated rings. The molecule has 0 aromatic heterocycles. The van der Waals surface area contributed by atoms with Crippen molar-refractivity contribution in [3.05, 3.63) is 47.6 Å². The molecule has 3 atom stereocenters.